The first-order valence-corrected chi connectivity index (χ1v) is 10.9. The van der Waals surface area contributed by atoms with Crippen LogP contribution in [-0.2, 0) is 6.18 Å². The van der Waals surface area contributed by atoms with Gasteiger partial charge in [-0.1, -0.05) is 19.9 Å². The molecule has 0 bridgehead atoms. The van der Waals surface area contributed by atoms with E-state index in [0.29, 0.717) is 11.4 Å². The second-order valence-corrected chi connectivity index (χ2v) is 8.82. The molecule has 2 heterocycles. The van der Waals surface area contributed by atoms with Crippen molar-refractivity contribution in [2.45, 2.75) is 51.7 Å². The highest BCUT2D eigenvalue weighted by atomic mass is 19.4. The van der Waals surface area contributed by atoms with Gasteiger partial charge in [0, 0.05) is 17.3 Å². The Hall–Kier alpha value is -3.41. The van der Waals surface area contributed by atoms with E-state index in [2.05, 4.69) is 34.1 Å². The second kappa shape index (κ2) is 8.85. The summed E-state index contributed by atoms with van der Waals surface area (Å²) in [4.78, 5) is 19.4. The summed E-state index contributed by atoms with van der Waals surface area (Å²) in [6.45, 7) is 12.0. The molecule has 1 saturated carbocycles. The lowest BCUT2D eigenvalue weighted by molar-refractivity contribution is -0.141. The zero-order valence-corrected chi connectivity index (χ0v) is 18.4. The quantitative estimate of drug-likeness (QED) is 0.449. The molecule has 3 aromatic rings. The second-order valence-electron chi connectivity index (χ2n) is 8.82. The minimum Gasteiger partial charge on any atom is -0.330 e. The lowest BCUT2D eigenvalue weighted by Crippen LogP contribution is -2.21. The van der Waals surface area contributed by atoms with Gasteiger partial charge < -0.3 is 5.32 Å². The Bertz CT molecular complexity index is 1220. The monoisotopic (exact) mass is 455 g/mol. The van der Waals surface area contributed by atoms with Gasteiger partial charge in [-0.2, -0.15) is 18.3 Å². The van der Waals surface area contributed by atoms with E-state index in [9.17, 15) is 18.0 Å². The Kier molecular flexibility index (Phi) is 6.11. The molecule has 1 aliphatic rings. The van der Waals surface area contributed by atoms with E-state index in [-0.39, 0.29) is 23.1 Å². The predicted octanol–water partition coefficient (Wildman–Crippen LogP) is 6.64. The average Bonchev–Trinajstić information content (AvgIpc) is 3.21. The molecule has 0 saturated heterocycles. The fraction of sp³-hybridized carbons (Fsp3) is 0.417. The van der Waals surface area contributed by atoms with E-state index in [1.165, 1.54) is 6.07 Å². The van der Waals surface area contributed by atoms with Gasteiger partial charge in [-0.05, 0) is 61.8 Å². The number of alkyl halides is 3. The third-order valence-corrected chi connectivity index (χ3v) is 6.34. The van der Waals surface area contributed by atoms with Crippen LogP contribution in [0.1, 0.15) is 61.8 Å². The van der Waals surface area contributed by atoms with Crippen LogP contribution in [0.5, 0.6) is 0 Å². The Morgan fingerprint density at radius 2 is 1.94 bits per heavy atom. The van der Waals surface area contributed by atoms with Crippen molar-refractivity contribution in [2.75, 3.05) is 5.32 Å². The summed E-state index contributed by atoms with van der Waals surface area (Å²) in [6, 6.07) is 6.64. The molecule has 0 spiro atoms. The number of benzene rings is 1. The summed E-state index contributed by atoms with van der Waals surface area (Å²) in [6.07, 6.45) is 1.63. The molecular formula is C24H24F3N5O. The molecule has 1 aliphatic carbocycles. The first kappa shape index (κ1) is 22.8. The van der Waals surface area contributed by atoms with Gasteiger partial charge in [-0.3, -0.25) is 9.48 Å². The number of hydrogen-bond donors (Lipinski definition) is 1. The number of halogens is 3. The van der Waals surface area contributed by atoms with E-state index < -0.39 is 17.8 Å². The molecule has 0 radical (unpaired) electrons. The summed E-state index contributed by atoms with van der Waals surface area (Å²) in [5.74, 6) is 0.581. The van der Waals surface area contributed by atoms with Crippen molar-refractivity contribution in [1.82, 2.24) is 14.8 Å². The Morgan fingerprint density at radius 1 is 1.21 bits per heavy atom. The van der Waals surface area contributed by atoms with Crippen molar-refractivity contribution in [2.24, 2.45) is 11.8 Å². The van der Waals surface area contributed by atoms with Crippen molar-refractivity contribution in [3.63, 3.8) is 0 Å². The molecular weight excluding hydrogens is 431 g/mol. The van der Waals surface area contributed by atoms with Crippen LogP contribution >= 0.6 is 0 Å². The van der Waals surface area contributed by atoms with Gasteiger partial charge in [-0.15, -0.1) is 0 Å². The third kappa shape index (κ3) is 4.85. The minimum atomic E-state index is -4.65. The largest absolute Gasteiger partial charge is 0.433 e. The fourth-order valence-electron chi connectivity index (χ4n) is 4.40. The maximum atomic E-state index is 12.9. The first-order chi connectivity index (χ1) is 15.7. The van der Waals surface area contributed by atoms with E-state index in [0.717, 1.165) is 49.1 Å². The van der Waals surface area contributed by atoms with Crippen molar-refractivity contribution >= 4 is 28.2 Å². The summed E-state index contributed by atoms with van der Waals surface area (Å²) in [5.41, 5.74) is -0.508. The van der Waals surface area contributed by atoms with Gasteiger partial charge in [0.1, 0.15) is 11.4 Å². The normalized spacial score (nSPS) is 18.9. The van der Waals surface area contributed by atoms with Crippen molar-refractivity contribution in [1.29, 1.82) is 0 Å². The number of nitrogens with zero attached hydrogens (tertiary/aromatic N) is 4. The number of rotatable bonds is 4. The summed E-state index contributed by atoms with van der Waals surface area (Å²) >= 11 is 0. The highest BCUT2D eigenvalue weighted by molar-refractivity contribution is 6.06. The van der Waals surface area contributed by atoms with Crippen LogP contribution in [0.25, 0.3) is 15.7 Å². The first-order valence-electron chi connectivity index (χ1n) is 10.9. The standard InChI is InChI=1S/C24H24F3N5O/c1-14(2)15-7-9-17(10-8-15)32-13-16-11-21(20(28-3)12-19(16)31-32)30-23(33)18-5-4-6-22(29-18)24(25,26)27/h4-6,11-15,17H,7-10H2,1-2H3,(H,30,33). The van der Waals surface area contributed by atoms with Crippen LogP contribution in [-0.4, -0.2) is 20.7 Å². The molecule has 0 aliphatic heterocycles. The third-order valence-electron chi connectivity index (χ3n) is 6.34. The number of aromatic nitrogens is 3. The van der Waals surface area contributed by atoms with Gasteiger partial charge >= 0.3 is 6.18 Å². The highest BCUT2D eigenvalue weighted by Gasteiger charge is 2.33. The van der Waals surface area contributed by atoms with Gasteiger partial charge in [0.05, 0.1) is 18.1 Å². The number of fused-ring (bicyclic) bond motifs is 1. The van der Waals surface area contributed by atoms with Crippen molar-refractivity contribution in [3.05, 3.63) is 59.3 Å². The molecule has 1 amide bonds. The minimum absolute atomic E-state index is 0.164. The zero-order chi connectivity index (χ0) is 23.8. The number of pyridine rings is 1. The molecule has 172 valence electrons. The number of nitrogens with one attached hydrogen (secondary N) is 1. The Labute approximate surface area is 189 Å². The maximum Gasteiger partial charge on any atom is 0.433 e. The highest BCUT2D eigenvalue weighted by Crippen LogP contribution is 2.37. The molecule has 2 aromatic heterocycles. The zero-order valence-electron chi connectivity index (χ0n) is 18.4. The van der Waals surface area contributed by atoms with Crippen molar-refractivity contribution in [3.8, 4) is 0 Å². The van der Waals surface area contributed by atoms with Crippen LogP contribution < -0.4 is 5.32 Å². The van der Waals surface area contributed by atoms with Gasteiger partial charge in [0.25, 0.3) is 5.91 Å². The van der Waals surface area contributed by atoms with Gasteiger partial charge in [0.2, 0.25) is 5.69 Å². The lowest BCUT2D eigenvalue weighted by atomic mass is 9.80. The smallest absolute Gasteiger partial charge is 0.330 e. The molecule has 0 atom stereocenters. The van der Waals surface area contributed by atoms with Crippen LogP contribution in [0.3, 0.4) is 0 Å². The molecule has 1 N–H and O–H groups in total. The van der Waals surface area contributed by atoms with Gasteiger partial charge in [-0.25, -0.2) is 9.83 Å². The molecule has 4 rings (SSSR count). The van der Waals surface area contributed by atoms with E-state index in [4.69, 9.17) is 6.57 Å². The van der Waals surface area contributed by atoms with E-state index in [1.807, 2.05) is 10.9 Å². The lowest BCUT2D eigenvalue weighted by Gasteiger charge is -2.30. The number of anilines is 1. The fourth-order valence-corrected chi connectivity index (χ4v) is 4.40. The van der Waals surface area contributed by atoms with Gasteiger partial charge in [0.15, 0.2) is 0 Å². The Balaban J connectivity index is 1.57. The number of amides is 1. The topological polar surface area (TPSA) is 64.2 Å². The number of hydrogen-bond acceptors (Lipinski definition) is 3. The molecule has 9 heteroatoms. The predicted molar refractivity (Wildman–Crippen MR) is 119 cm³/mol. The van der Waals surface area contributed by atoms with Crippen LogP contribution in [0.15, 0.2) is 36.5 Å². The summed E-state index contributed by atoms with van der Waals surface area (Å²) < 4.78 is 40.7. The Morgan fingerprint density at radius 3 is 2.58 bits per heavy atom. The molecule has 1 aromatic carbocycles. The average molecular weight is 455 g/mol. The molecule has 33 heavy (non-hydrogen) atoms. The number of carbonyl (C=O) groups excluding carboxylic acids is 1. The van der Waals surface area contributed by atoms with E-state index >= 15 is 0 Å². The number of carbonyl (C=O) groups is 1. The molecule has 1 fully saturated rings. The summed E-state index contributed by atoms with van der Waals surface area (Å²) in [7, 11) is 0. The maximum absolute atomic E-state index is 12.9. The van der Waals surface area contributed by atoms with E-state index in [1.54, 1.807) is 12.1 Å². The molecule has 0 unspecified atom stereocenters. The summed E-state index contributed by atoms with van der Waals surface area (Å²) in [5, 5.41) is 7.94. The van der Waals surface area contributed by atoms with Crippen LogP contribution in [0, 0.1) is 18.4 Å². The molecule has 6 nitrogen and oxygen atoms in total. The van der Waals surface area contributed by atoms with Crippen LogP contribution in [0.2, 0.25) is 0 Å². The van der Waals surface area contributed by atoms with Crippen molar-refractivity contribution < 1.29 is 18.0 Å². The SMILES string of the molecule is [C-]#[N+]c1cc2nn(C3CCC(C(C)C)CC3)cc2cc1NC(=O)c1cccc(C(F)(F)F)n1. The van der Waals surface area contributed by atoms with Crippen LogP contribution in [0.4, 0.5) is 24.5 Å².